The van der Waals surface area contributed by atoms with Crippen LogP contribution in [-0.4, -0.2) is 50.8 Å². The van der Waals surface area contributed by atoms with E-state index in [0.717, 1.165) is 57.8 Å². The fourth-order valence-corrected chi connectivity index (χ4v) is 5.87. The molecule has 5 atom stereocenters. The zero-order valence-corrected chi connectivity index (χ0v) is 21.3. The lowest BCUT2D eigenvalue weighted by molar-refractivity contribution is -0.153. The Bertz CT molecular complexity index is 689. The van der Waals surface area contributed by atoms with Crippen LogP contribution in [0.3, 0.4) is 0 Å². The molecule has 0 radical (unpaired) electrons. The minimum atomic E-state index is -0.781. The zero-order valence-electron chi connectivity index (χ0n) is 21.3. The number of carboxylic acids is 1. The summed E-state index contributed by atoms with van der Waals surface area (Å²) in [6, 6.07) is -0.122. The fourth-order valence-electron chi connectivity index (χ4n) is 5.87. The number of ketones is 1. The molecular weight excluding hydrogens is 434 g/mol. The molecule has 0 bridgehead atoms. The van der Waals surface area contributed by atoms with Crippen LogP contribution in [0.15, 0.2) is 0 Å². The van der Waals surface area contributed by atoms with Crippen LogP contribution in [0.5, 0.6) is 0 Å². The molecule has 3 unspecified atom stereocenters. The Balaban J connectivity index is 1.69. The van der Waals surface area contributed by atoms with E-state index in [9.17, 15) is 24.3 Å². The Morgan fingerprint density at radius 2 is 1.50 bits per heavy atom. The van der Waals surface area contributed by atoms with Crippen molar-refractivity contribution in [2.24, 2.45) is 23.7 Å². The number of carbonyl (C=O) groups excluding carboxylic acids is 3. The number of imide groups is 1. The summed E-state index contributed by atoms with van der Waals surface area (Å²) in [5, 5.41) is 19.4. The van der Waals surface area contributed by atoms with Crippen molar-refractivity contribution in [3.05, 3.63) is 0 Å². The Hall–Kier alpha value is -1.76. The van der Waals surface area contributed by atoms with Crippen LogP contribution in [-0.2, 0) is 19.2 Å². The van der Waals surface area contributed by atoms with Crippen LogP contribution >= 0.6 is 0 Å². The van der Waals surface area contributed by atoms with E-state index in [-0.39, 0.29) is 60.7 Å². The molecule has 1 aliphatic carbocycles. The highest BCUT2D eigenvalue weighted by Crippen LogP contribution is 2.35. The predicted octanol–water partition coefficient (Wildman–Crippen LogP) is 4.74. The van der Waals surface area contributed by atoms with Crippen molar-refractivity contribution in [3.63, 3.8) is 0 Å². The van der Waals surface area contributed by atoms with Gasteiger partial charge in [0, 0.05) is 37.1 Å². The van der Waals surface area contributed by atoms with Gasteiger partial charge in [-0.25, -0.2) is 0 Å². The monoisotopic (exact) mass is 479 g/mol. The van der Waals surface area contributed by atoms with E-state index in [1.807, 2.05) is 13.8 Å². The number of amides is 2. The largest absolute Gasteiger partial charge is 0.481 e. The molecular formula is C27H45NO6. The molecule has 1 saturated heterocycles. The average Bonchev–Trinajstić information content (AvgIpc) is 2.74. The third-order valence-corrected chi connectivity index (χ3v) is 7.72. The van der Waals surface area contributed by atoms with Gasteiger partial charge in [0.05, 0.1) is 6.10 Å². The number of Topliss-reactive ketones (excluding diaryl/α,β-unsaturated/α-hetero) is 1. The topological polar surface area (TPSA) is 112 Å². The first-order valence-electron chi connectivity index (χ1n) is 13.4. The Kier molecular flexibility index (Phi) is 11.7. The van der Waals surface area contributed by atoms with Crippen LogP contribution in [0.25, 0.3) is 0 Å². The summed E-state index contributed by atoms with van der Waals surface area (Å²) in [5.74, 6) is -1.14. The molecule has 2 rings (SSSR count). The number of hydrogen-bond acceptors (Lipinski definition) is 5. The van der Waals surface area contributed by atoms with Gasteiger partial charge in [-0.15, -0.1) is 0 Å². The Labute approximate surface area is 204 Å². The Morgan fingerprint density at radius 3 is 2.09 bits per heavy atom. The first kappa shape index (κ1) is 28.5. The number of carbonyl (C=O) groups is 4. The van der Waals surface area contributed by atoms with Gasteiger partial charge in [-0.1, -0.05) is 52.4 Å². The molecule has 0 aromatic rings. The second-order valence-corrected chi connectivity index (χ2v) is 11.0. The van der Waals surface area contributed by atoms with Gasteiger partial charge in [-0.05, 0) is 50.9 Å². The molecule has 34 heavy (non-hydrogen) atoms. The highest BCUT2D eigenvalue weighted by atomic mass is 16.4. The summed E-state index contributed by atoms with van der Waals surface area (Å²) < 4.78 is 0. The van der Waals surface area contributed by atoms with Crippen LogP contribution in [0.4, 0.5) is 0 Å². The number of hydrogen-bond donors (Lipinski definition) is 2. The lowest BCUT2D eigenvalue weighted by Crippen LogP contribution is -2.49. The van der Waals surface area contributed by atoms with E-state index in [1.165, 1.54) is 4.90 Å². The first-order valence-corrected chi connectivity index (χ1v) is 13.4. The summed E-state index contributed by atoms with van der Waals surface area (Å²) in [5.41, 5.74) is 0. The lowest BCUT2D eigenvalue weighted by atomic mass is 9.71. The Morgan fingerprint density at radius 1 is 0.941 bits per heavy atom. The maximum atomic E-state index is 12.8. The highest BCUT2D eigenvalue weighted by molar-refractivity contribution is 5.98. The van der Waals surface area contributed by atoms with Crippen LogP contribution in [0.2, 0.25) is 0 Å². The number of aliphatic hydroxyl groups excluding tert-OH is 1. The number of likely N-dealkylation sites (tertiary alicyclic amines) is 1. The average molecular weight is 480 g/mol. The highest BCUT2D eigenvalue weighted by Gasteiger charge is 2.40. The molecule has 0 aromatic heterocycles. The van der Waals surface area contributed by atoms with Gasteiger partial charge in [0.25, 0.3) is 0 Å². The SMILES string of the molecule is CC1C[C@H](C)CC([C@H](O)CC2CC(=O)N(C(C)CCCCCCCCCC(=O)O)C(=O)C2)C1=O. The van der Waals surface area contributed by atoms with Crippen molar-refractivity contribution in [2.45, 2.75) is 123 Å². The van der Waals surface area contributed by atoms with Crippen molar-refractivity contribution in [2.75, 3.05) is 0 Å². The van der Waals surface area contributed by atoms with Gasteiger partial charge in [0.15, 0.2) is 0 Å². The van der Waals surface area contributed by atoms with Crippen molar-refractivity contribution in [1.29, 1.82) is 0 Å². The zero-order chi connectivity index (χ0) is 25.3. The van der Waals surface area contributed by atoms with Gasteiger partial charge in [-0.3, -0.25) is 24.1 Å². The van der Waals surface area contributed by atoms with Gasteiger partial charge < -0.3 is 10.2 Å². The van der Waals surface area contributed by atoms with Gasteiger partial charge in [-0.2, -0.15) is 0 Å². The van der Waals surface area contributed by atoms with Crippen LogP contribution in [0, 0.1) is 23.7 Å². The molecule has 1 aliphatic heterocycles. The van der Waals surface area contributed by atoms with Gasteiger partial charge in [0.1, 0.15) is 5.78 Å². The second kappa shape index (κ2) is 14.0. The molecule has 1 heterocycles. The number of nitrogens with zero attached hydrogens (tertiary/aromatic N) is 1. The molecule has 2 fully saturated rings. The van der Waals surface area contributed by atoms with Gasteiger partial charge in [0.2, 0.25) is 11.8 Å². The molecule has 0 spiro atoms. The number of carboxylic acid groups (broad SMARTS) is 1. The standard InChI is InChI=1S/C27H45NO6/c1-18-13-19(2)27(34)22(14-18)23(29)15-21-16-24(30)28(25(31)17-21)20(3)11-9-7-5-4-6-8-10-12-26(32)33/h18-23,29H,4-17H2,1-3H3,(H,32,33)/t18-,19?,20?,22?,23+/m0/s1. The van der Waals surface area contributed by atoms with Crippen molar-refractivity contribution in [1.82, 2.24) is 4.90 Å². The summed E-state index contributed by atoms with van der Waals surface area (Å²) in [6.07, 6.45) is 9.54. The lowest BCUT2D eigenvalue weighted by Gasteiger charge is -2.37. The third-order valence-electron chi connectivity index (χ3n) is 7.72. The van der Waals surface area contributed by atoms with Crippen molar-refractivity contribution in [3.8, 4) is 0 Å². The molecule has 2 aliphatic rings. The molecule has 7 heteroatoms. The van der Waals surface area contributed by atoms with E-state index < -0.39 is 12.1 Å². The third kappa shape index (κ3) is 8.79. The van der Waals surface area contributed by atoms with Crippen molar-refractivity contribution < 1.29 is 29.4 Å². The summed E-state index contributed by atoms with van der Waals surface area (Å²) in [4.78, 5) is 50.0. The van der Waals surface area contributed by atoms with Crippen molar-refractivity contribution >= 4 is 23.6 Å². The molecule has 2 N–H and O–H groups in total. The quantitative estimate of drug-likeness (QED) is 0.275. The summed E-state index contributed by atoms with van der Waals surface area (Å²) in [6.45, 7) is 5.96. The first-order chi connectivity index (χ1) is 16.1. The minimum absolute atomic E-state index is 0.0358. The predicted molar refractivity (Wildman–Crippen MR) is 130 cm³/mol. The molecule has 0 aromatic carbocycles. The molecule has 194 valence electrons. The van der Waals surface area contributed by atoms with Crippen LogP contribution < -0.4 is 0 Å². The summed E-state index contributed by atoms with van der Waals surface area (Å²) >= 11 is 0. The molecule has 2 amide bonds. The van der Waals surface area contributed by atoms with E-state index >= 15 is 0 Å². The normalized spacial score (nSPS) is 26.1. The number of piperidine rings is 1. The van der Waals surface area contributed by atoms with E-state index in [4.69, 9.17) is 5.11 Å². The van der Waals surface area contributed by atoms with Gasteiger partial charge >= 0.3 is 5.97 Å². The molecule has 1 saturated carbocycles. The number of aliphatic hydroxyl groups is 1. The number of aliphatic carboxylic acids is 1. The second-order valence-electron chi connectivity index (χ2n) is 11.0. The molecule has 7 nitrogen and oxygen atoms in total. The van der Waals surface area contributed by atoms with E-state index in [0.29, 0.717) is 18.8 Å². The van der Waals surface area contributed by atoms with E-state index in [1.54, 1.807) is 0 Å². The smallest absolute Gasteiger partial charge is 0.303 e. The summed E-state index contributed by atoms with van der Waals surface area (Å²) in [7, 11) is 0. The van der Waals surface area contributed by atoms with Crippen LogP contribution in [0.1, 0.15) is 111 Å². The maximum Gasteiger partial charge on any atom is 0.303 e. The number of unbranched alkanes of at least 4 members (excludes halogenated alkanes) is 6. The maximum absolute atomic E-state index is 12.8. The fraction of sp³-hybridized carbons (Fsp3) is 0.852. The number of rotatable bonds is 14. The van der Waals surface area contributed by atoms with E-state index in [2.05, 4.69) is 6.92 Å². The minimum Gasteiger partial charge on any atom is -0.481 e.